The fourth-order valence-electron chi connectivity index (χ4n) is 2.37. The molecular formula is C18H28INO3. The first-order valence-corrected chi connectivity index (χ1v) is 9.17. The number of halogens is 1. The molecule has 0 aliphatic rings. The van der Waals surface area contributed by atoms with Crippen LogP contribution >= 0.6 is 23.0 Å². The second-order valence-corrected chi connectivity index (χ2v) is 6.63. The van der Waals surface area contributed by atoms with Gasteiger partial charge in [-0.1, -0.05) is 45.6 Å². The molecule has 1 rings (SSSR count). The molecule has 4 nitrogen and oxygen atoms in total. The zero-order valence-corrected chi connectivity index (χ0v) is 16.5. The number of unbranched alkanes of at least 4 members (excludes halogenated alkanes) is 3. The third kappa shape index (κ3) is 8.44. The van der Waals surface area contributed by atoms with Gasteiger partial charge in [0.15, 0.2) is 34.5 Å². The highest BCUT2D eigenvalue weighted by Crippen LogP contribution is 2.29. The van der Waals surface area contributed by atoms with Crippen molar-refractivity contribution in [1.29, 1.82) is 0 Å². The minimum Gasteiger partial charge on any atom is -0.493 e. The summed E-state index contributed by atoms with van der Waals surface area (Å²) in [7, 11) is 1.61. The van der Waals surface area contributed by atoms with Crippen LogP contribution in [-0.2, 0) is 11.3 Å². The van der Waals surface area contributed by atoms with Crippen LogP contribution in [0.4, 0.5) is 0 Å². The predicted molar refractivity (Wildman–Crippen MR) is 102 cm³/mol. The third-order valence-corrected chi connectivity index (χ3v) is 4.21. The van der Waals surface area contributed by atoms with E-state index in [-0.39, 0.29) is 5.91 Å². The van der Waals surface area contributed by atoms with Gasteiger partial charge in [-0.15, -0.1) is 0 Å². The number of amides is 1. The summed E-state index contributed by atoms with van der Waals surface area (Å²) in [6.45, 7) is 5.02. The van der Waals surface area contributed by atoms with Crippen molar-refractivity contribution in [3.63, 3.8) is 0 Å². The van der Waals surface area contributed by atoms with Gasteiger partial charge < -0.3 is 13.1 Å². The van der Waals surface area contributed by atoms with E-state index in [9.17, 15) is 4.79 Å². The molecule has 1 amide bonds. The Morgan fingerprint density at radius 3 is 2.57 bits per heavy atom. The van der Waals surface area contributed by atoms with Gasteiger partial charge in [-0.3, -0.25) is 4.79 Å². The zero-order chi connectivity index (χ0) is 17.1. The fraction of sp³-hybridized carbons (Fsp3) is 0.611. The molecular weight excluding hydrogens is 405 g/mol. The second kappa shape index (κ2) is 11.5. The maximum atomic E-state index is 11.9. The molecule has 0 radical (unpaired) electrons. The van der Waals surface area contributed by atoms with Gasteiger partial charge in [0.25, 0.3) is 0 Å². The van der Waals surface area contributed by atoms with Crippen molar-refractivity contribution in [3.8, 4) is 11.5 Å². The van der Waals surface area contributed by atoms with E-state index in [4.69, 9.17) is 7.80 Å². The van der Waals surface area contributed by atoms with E-state index in [0.717, 1.165) is 24.3 Å². The molecule has 0 atom stereocenters. The zero-order valence-electron chi connectivity index (χ0n) is 14.4. The van der Waals surface area contributed by atoms with Crippen LogP contribution in [0.1, 0.15) is 57.9 Å². The van der Waals surface area contributed by atoms with E-state index in [2.05, 4.69) is 19.2 Å². The Balaban J connectivity index is 2.23. The van der Waals surface area contributed by atoms with Crippen LogP contribution < -0.4 is 13.1 Å². The lowest BCUT2D eigenvalue weighted by Crippen LogP contribution is -2.22. The molecule has 0 aliphatic heterocycles. The van der Waals surface area contributed by atoms with Gasteiger partial charge in [0, 0.05) is 13.0 Å². The SMILES string of the molecule is COc1cc(CNC(=O)CCCCCCC(C)C)ccc1OI. The molecule has 5 heteroatoms. The first-order chi connectivity index (χ1) is 11.1. The summed E-state index contributed by atoms with van der Waals surface area (Å²) in [6.07, 6.45) is 6.48. The van der Waals surface area contributed by atoms with Crippen LogP contribution in [0.2, 0.25) is 0 Å². The highest BCUT2D eigenvalue weighted by Gasteiger charge is 2.06. The van der Waals surface area contributed by atoms with Gasteiger partial charge in [-0.05, 0) is 30.0 Å². The summed E-state index contributed by atoms with van der Waals surface area (Å²) in [5.41, 5.74) is 1.00. The Bertz CT molecular complexity index is 477. The van der Waals surface area contributed by atoms with E-state index < -0.39 is 0 Å². The summed E-state index contributed by atoms with van der Waals surface area (Å²) >= 11 is 1.82. The Morgan fingerprint density at radius 1 is 1.17 bits per heavy atom. The first-order valence-electron chi connectivity index (χ1n) is 8.29. The average Bonchev–Trinajstić information content (AvgIpc) is 2.55. The van der Waals surface area contributed by atoms with Crippen LogP contribution in [0.15, 0.2) is 18.2 Å². The van der Waals surface area contributed by atoms with Crippen molar-refractivity contribution in [2.24, 2.45) is 5.92 Å². The van der Waals surface area contributed by atoms with Crippen LogP contribution in [0.3, 0.4) is 0 Å². The van der Waals surface area contributed by atoms with Crippen LogP contribution in [-0.4, -0.2) is 13.0 Å². The summed E-state index contributed by atoms with van der Waals surface area (Å²) in [5.74, 6) is 2.25. The number of benzene rings is 1. The molecule has 0 bridgehead atoms. The number of carbonyl (C=O) groups is 1. The van der Waals surface area contributed by atoms with Crippen molar-refractivity contribution < 1.29 is 12.6 Å². The lowest BCUT2D eigenvalue weighted by Gasteiger charge is -2.09. The van der Waals surface area contributed by atoms with E-state index in [1.807, 2.05) is 41.2 Å². The molecule has 0 aliphatic carbocycles. The number of rotatable bonds is 11. The lowest BCUT2D eigenvalue weighted by molar-refractivity contribution is -0.121. The van der Waals surface area contributed by atoms with Crippen molar-refractivity contribution in [2.75, 3.05) is 7.11 Å². The Labute approximate surface area is 154 Å². The molecule has 0 unspecified atom stereocenters. The minimum absolute atomic E-state index is 0.113. The number of ether oxygens (including phenoxy) is 1. The number of hydrogen-bond acceptors (Lipinski definition) is 3. The maximum Gasteiger partial charge on any atom is 0.220 e. The molecule has 0 spiro atoms. The molecule has 1 aromatic carbocycles. The van der Waals surface area contributed by atoms with E-state index in [1.165, 1.54) is 19.3 Å². The average molecular weight is 433 g/mol. The standard InChI is InChI=1S/C18H28INO3/c1-14(2)8-6-4-5-7-9-18(21)20-13-15-10-11-16(23-19)17(12-15)22-3/h10-12,14H,4-9,13H2,1-3H3,(H,20,21). The van der Waals surface area contributed by atoms with Crippen molar-refractivity contribution in [1.82, 2.24) is 5.32 Å². The lowest BCUT2D eigenvalue weighted by atomic mass is 10.0. The smallest absolute Gasteiger partial charge is 0.220 e. The van der Waals surface area contributed by atoms with Crippen molar-refractivity contribution in [2.45, 2.75) is 58.9 Å². The third-order valence-electron chi connectivity index (χ3n) is 3.74. The van der Waals surface area contributed by atoms with Gasteiger partial charge in [0.1, 0.15) is 0 Å². The highest BCUT2D eigenvalue weighted by atomic mass is 127. The molecule has 130 valence electrons. The van der Waals surface area contributed by atoms with E-state index >= 15 is 0 Å². The maximum absolute atomic E-state index is 11.9. The van der Waals surface area contributed by atoms with Crippen molar-refractivity contribution in [3.05, 3.63) is 23.8 Å². The monoisotopic (exact) mass is 433 g/mol. The Kier molecular flexibility index (Phi) is 10.1. The quantitative estimate of drug-likeness (QED) is 0.393. The van der Waals surface area contributed by atoms with E-state index in [1.54, 1.807) is 7.11 Å². The minimum atomic E-state index is 0.113. The summed E-state index contributed by atoms with van der Waals surface area (Å²) in [6, 6.07) is 5.67. The highest BCUT2D eigenvalue weighted by molar-refractivity contribution is 14.1. The summed E-state index contributed by atoms with van der Waals surface area (Å²) < 4.78 is 10.4. The molecule has 1 N–H and O–H groups in total. The van der Waals surface area contributed by atoms with Gasteiger partial charge >= 0.3 is 0 Å². The van der Waals surface area contributed by atoms with Gasteiger partial charge in [-0.2, -0.15) is 0 Å². The fourth-order valence-corrected chi connectivity index (χ4v) is 2.73. The molecule has 1 aromatic rings. The first kappa shape index (κ1) is 20.1. The topological polar surface area (TPSA) is 47.6 Å². The molecule has 0 saturated carbocycles. The van der Waals surface area contributed by atoms with Crippen molar-refractivity contribution >= 4 is 28.9 Å². The normalized spacial score (nSPS) is 10.7. The molecule has 23 heavy (non-hydrogen) atoms. The molecule has 0 aromatic heterocycles. The van der Waals surface area contributed by atoms with Crippen LogP contribution in [0, 0.1) is 5.92 Å². The molecule has 0 saturated heterocycles. The largest absolute Gasteiger partial charge is 0.493 e. The number of hydrogen-bond donors (Lipinski definition) is 1. The van der Waals surface area contributed by atoms with Crippen LogP contribution in [0.5, 0.6) is 11.5 Å². The summed E-state index contributed by atoms with van der Waals surface area (Å²) in [4.78, 5) is 11.9. The van der Waals surface area contributed by atoms with E-state index in [0.29, 0.717) is 24.5 Å². The van der Waals surface area contributed by atoms with Gasteiger partial charge in [0.2, 0.25) is 5.91 Å². The number of methoxy groups -OCH3 is 1. The Hall–Kier alpha value is -0.980. The Morgan fingerprint density at radius 2 is 1.91 bits per heavy atom. The molecule has 0 fully saturated rings. The number of nitrogens with one attached hydrogen (secondary N) is 1. The second-order valence-electron chi connectivity index (χ2n) is 6.19. The molecule has 0 heterocycles. The van der Waals surface area contributed by atoms with Crippen LogP contribution in [0.25, 0.3) is 0 Å². The van der Waals surface area contributed by atoms with Gasteiger partial charge in [-0.25, -0.2) is 0 Å². The predicted octanol–water partition coefficient (Wildman–Crippen LogP) is 5.04. The van der Waals surface area contributed by atoms with Gasteiger partial charge in [0.05, 0.1) is 7.11 Å². The number of carbonyl (C=O) groups excluding carboxylic acids is 1. The summed E-state index contributed by atoms with van der Waals surface area (Å²) in [5, 5.41) is 2.96.